The lowest BCUT2D eigenvalue weighted by atomic mass is 10.0. The van der Waals surface area contributed by atoms with Crippen LogP contribution in [-0.2, 0) is 9.59 Å². The number of carbonyl (C=O) groups excluding carboxylic acids is 2. The van der Waals surface area contributed by atoms with E-state index in [2.05, 4.69) is 15.6 Å². The molecule has 2 amide bonds. The molecule has 3 aromatic carbocycles. The van der Waals surface area contributed by atoms with E-state index < -0.39 is 28.9 Å². The number of nitrogens with one attached hydrogen (secondary N) is 2. The molecule has 1 saturated carbocycles. The van der Waals surface area contributed by atoms with Gasteiger partial charge in [-0.05, 0) is 61.4 Å². The third kappa shape index (κ3) is 4.45. The monoisotopic (exact) mass is 517 g/mol. The van der Waals surface area contributed by atoms with Gasteiger partial charge in [0.05, 0.1) is 5.52 Å². The van der Waals surface area contributed by atoms with Crippen LogP contribution in [0, 0.1) is 17.0 Å². The Morgan fingerprint density at radius 3 is 2.16 bits per heavy atom. The van der Waals surface area contributed by atoms with Crippen molar-refractivity contribution in [1.82, 2.24) is 4.98 Å². The van der Waals surface area contributed by atoms with Gasteiger partial charge >= 0.3 is 0 Å². The Bertz CT molecular complexity index is 1570. The number of halogens is 2. The van der Waals surface area contributed by atoms with Gasteiger partial charge in [-0.2, -0.15) is 0 Å². The standard InChI is InChI=1S/C28H21F2N3O5/c29-16-1-3-17(4-2-16)32-26(34)28(8-9-28)27(35)33-18-5-6-23(20(30)13-18)38-22-7-10-31-21-15-25-24(14-19(21)22)36-11-12-37-25/h1-7,10,13-15H,8-9,11-12H2,(H,32,34)(H,33,35). The molecule has 1 aliphatic carbocycles. The highest BCUT2D eigenvalue weighted by atomic mass is 19.1. The topological polar surface area (TPSA) is 98.8 Å². The molecule has 2 aliphatic rings. The van der Waals surface area contributed by atoms with Gasteiger partial charge in [-0.25, -0.2) is 8.78 Å². The summed E-state index contributed by atoms with van der Waals surface area (Å²) in [7, 11) is 0. The zero-order valence-electron chi connectivity index (χ0n) is 19.9. The normalized spacial score (nSPS) is 15.0. The number of ether oxygens (including phenoxy) is 3. The maximum atomic E-state index is 15.0. The average Bonchev–Trinajstić information content (AvgIpc) is 3.73. The number of rotatable bonds is 6. The minimum atomic E-state index is -1.26. The first kappa shape index (κ1) is 23.7. The third-order valence-electron chi connectivity index (χ3n) is 6.50. The highest BCUT2D eigenvalue weighted by Gasteiger charge is 2.56. The van der Waals surface area contributed by atoms with E-state index in [1.165, 1.54) is 36.4 Å². The van der Waals surface area contributed by atoms with Crippen molar-refractivity contribution in [2.75, 3.05) is 23.8 Å². The number of aromatic nitrogens is 1. The van der Waals surface area contributed by atoms with Crippen LogP contribution in [0.2, 0.25) is 0 Å². The van der Waals surface area contributed by atoms with Gasteiger partial charge < -0.3 is 24.8 Å². The van der Waals surface area contributed by atoms with E-state index in [0.29, 0.717) is 59.9 Å². The predicted molar refractivity (Wildman–Crippen MR) is 135 cm³/mol. The summed E-state index contributed by atoms with van der Waals surface area (Å²) >= 11 is 0. The molecule has 0 radical (unpaired) electrons. The van der Waals surface area contributed by atoms with Crippen LogP contribution >= 0.6 is 0 Å². The Morgan fingerprint density at radius 2 is 1.47 bits per heavy atom. The summed E-state index contributed by atoms with van der Waals surface area (Å²) in [6.45, 7) is 0.870. The molecule has 4 aromatic rings. The zero-order valence-corrected chi connectivity index (χ0v) is 19.9. The van der Waals surface area contributed by atoms with Crippen molar-refractivity contribution in [2.45, 2.75) is 12.8 Å². The van der Waals surface area contributed by atoms with Crippen LogP contribution in [-0.4, -0.2) is 30.0 Å². The Morgan fingerprint density at radius 1 is 0.816 bits per heavy atom. The minimum Gasteiger partial charge on any atom is -0.486 e. The number of hydrogen-bond donors (Lipinski definition) is 2. The molecule has 0 spiro atoms. The lowest BCUT2D eigenvalue weighted by Crippen LogP contribution is -2.35. The van der Waals surface area contributed by atoms with E-state index in [9.17, 15) is 14.0 Å². The largest absolute Gasteiger partial charge is 0.486 e. The van der Waals surface area contributed by atoms with Gasteiger partial charge in [-0.1, -0.05) is 0 Å². The molecular formula is C28H21F2N3O5. The first-order valence-corrected chi connectivity index (χ1v) is 12.0. The molecule has 0 bridgehead atoms. The fraction of sp³-hybridized carbons (Fsp3) is 0.179. The van der Waals surface area contributed by atoms with Gasteiger partial charge in [-0.15, -0.1) is 0 Å². The van der Waals surface area contributed by atoms with Gasteiger partial charge in [0.25, 0.3) is 0 Å². The molecule has 0 atom stereocenters. The number of pyridine rings is 1. The molecule has 2 N–H and O–H groups in total. The van der Waals surface area contributed by atoms with Crippen molar-refractivity contribution < 1.29 is 32.6 Å². The van der Waals surface area contributed by atoms with Crippen LogP contribution in [0.25, 0.3) is 10.9 Å². The first-order chi connectivity index (χ1) is 18.4. The van der Waals surface area contributed by atoms with Crippen LogP contribution in [0.3, 0.4) is 0 Å². The molecular weight excluding hydrogens is 496 g/mol. The second-order valence-corrected chi connectivity index (χ2v) is 9.07. The maximum absolute atomic E-state index is 15.0. The highest BCUT2D eigenvalue weighted by Crippen LogP contribution is 2.47. The number of benzene rings is 3. The molecule has 1 aromatic heterocycles. The lowest BCUT2D eigenvalue weighted by molar-refractivity contribution is -0.131. The molecule has 2 heterocycles. The van der Waals surface area contributed by atoms with Crippen LogP contribution in [0.4, 0.5) is 20.2 Å². The fourth-order valence-corrected chi connectivity index (χ4v) is 4.24. The van der Waals surface area contributed by atoms with E-state index in [0.717, 1.165) is 6.07 Å². The third-order valence-corrected chi connectivity index (χ3v) is 6.50. The van der Waals surface area contributed by atoms with Gasteiger partial charge in [0.2, 0.25) is 11.8 Å². The molecule has 38 heavy (non-hydrogen) atoms. The van der Waals surface area contributed by atoms with Crippen LogP contribution < -0.4 is 24.8 Å². The van der Waals surface area contributed by atoms with Crippen LogP contribution in [0.15, 0.2) is 66.9 Å². The summed E-state index contributed by atoms with van der Waals surface area (Å²) in [5.74, 6) is -0.725. The Balaban J connectivity index is 1.17. The molecule has 0 unspecified atom stereocenters. The number of anilines is 2. The van der Waals surface area contributed by atoms with E-state index in [4.69, 9.17) is 14.2 Å². The van der Waals surface area contributed by atoms with Crippen molar-refractivity contribution in [3.05, 3.63) is 78.5 Å². The number of fused-ring (bicyclic) bond motifs is 2. The van der Waals surface area contributed by atoms with Crippen molar-refractivity contribution in [3.8, 4) is 23.0 Å². The number of carbonyl (C=O) groups is 2. The summed E-state index contributed by atoms with van der Waals surface area (Å²) < 4.78 is 45.2. The predicted octanol–water partition coefficient (Wildman–Crippen LogP) is 5.43. The zero-order chi connectivity index (χ0) is 26.3. The lowest BCUT2D eigenvalue weighted by Gasteiger charge is -2.19. The van der Waals surface area contributed by atoms with E-state index in [-0.39, 0.29) is 11.4 Å². The Labute approximate surface area is 215 Å². The molecule has 8 nitrogen and oxygen atoms in total. The molecule has 1 aliphatic heterocycles. The van der Waals surface area contributed by atoms with Crippen LogP contribution in [0.5, 0.6) is 23.0 Å². The highest BCUT2D eigenvalue weighted by molar-refractivity contribution is 6.16. The second kappa shape index (κ2) is 9.29. The smallest absolute Gasteiger partial charge is 0.240 e. The summed E-state index contributed by atoms with van der Waals surface area (Å²) in [4.78, 5) is 30.0. The van der Waals surface area contributed by atoms with Gasteiger partial charge in [-0.3, -0.25) is 14.6 Å². The molecule has 6 rings (SSSR count). The van der Waals surface area contributed by atoms with E-state index in [1.54, 1.807) is 24.4 Å². The summed E-state index contributed by atoms with van der Waals surface area (Å²) in [6.07, 6.45) is 2.25. The van der Waals surface area contributed by atoms with Crippen LogP contribution in [0.1, 0.15) is 12.8 Å². The average molecular weight is 517 g/mol. The minimum absolute atomic E-state index is 0.0550. The number of amides is 2. The molecule has 192 valence electrons. The first-order valence-electron chi connectivity index (χ1n) is 12.0. The fourth-order valence-electron chi connectivity index (χ4n) is 4.24. The number of nitrogens with zero attached hydrogens (tertiary/aromatic N) is 1. The second-order valence-electron chi connectivity index (χ2n) is 9.07. The summed E-state index contributed by atoms with van der Waals surface area (Å²) in [5, 5.41) is 5.88. The van der Waals surface area contributed by atoms with Crippen molar-refractivity contribution in [1.29, 1.82) is 0 Å². The quantitative estimate of drug-likeness (QED) is 0.331. The Hall–Kier alpha value is -4.73. The van der Waals surface area contributed by atoms with Gasteiger partial charge in [0, 0.05) is 35.1 Å². The summed E-state index contributed by atoms with van der Waals surface area (Å²) in [6, 6.07) is 14.4. The molecule has 1 fully saturated rings. The van der Waals surface area contributed by atoms with Crippen molar-refractivity contribution in [3.63, 3.8) is 0 Å². The SMILES string of the molecule is O=C(Nc1ccc(F)cc1)C1(C(=O)Nc2ccc(Oc3ccnc4cc5c(cc34)OCCO5)c(F)c2)CC1. The number of hydrogen-bond acceptors (Lipinski definition) is 6. The van der Waals surface area contributed by atoms with E-state index >= 15 is 4.39 Å². The Kier molecular flexibility index (Phi) is 5.79. The van der Waals surface area contributed by atoms with Gasteiger partial charge in [0.15, 0.2) is 23.1 Å². The summed E-state index contributed by atoms with van der Waals surface area (Å²) in [5.41, 5.74) is -0.100. The molecule has 10 heteroatoms. The van der Waals surface area contributed by atoms with Crippen molar-refractivity contribution >= 4 is 34.1 Å². The van der Waals surface area contributed by atoms with Crippen molar-refractivity contribution in [2.24, 2.45) is 5.41 Å². The maximum Gasteiger partial charge on any atom is 0.240 e. The molecule has 0 saturated heterocycles. The van der Waals surface area contributed by atoms with Gasteiger partial charge in [0.1, 0.15) is 30.2 Å². The van der Waals surface area contributed by atoms with E-state index in [1.807, 2.05) is 0 Å².